The maximum atomic E-state index is 13.0. The summed E-state index contributed by atoms with van der Waals surface area (Å²) in [6.07, 6.45) is 7.87. The van der Waals surface area contributed by atoms with Crippen molar-refractivity contribution in [3.63, 3.8) is 0 Å². The summed E-state index contributed by atoms with van der Waals surface area (Å²) >= 11 is 1.93. The van der Waals surface area contributed by atoms with Crippen molar-refractivity contribution in [2.24, 2.45) is 0 Å². The zero-order chi connectivity index (χ0) is 18.8. The van der Waals surface area contributed by atoms with Crippen LogP contribution in [-0.4, -0.2) is 35.3 Å². The fraction of sp³-hybridized carbons (Fsp3) is 0.571. The Hall–Kier alpha value is -1.79. The van der Waals surface area contributed by atoms with E-state index in [0.29, 0.717) is 19.7 Å². The molecule has 0 aromatic carbocycles. The first kappa shape index (κ1) is 18.6. The van der Waals surface area contributed by atoms with Gasteiger partial charge in [0.25, 0.3) is 0 Å². The third-order valence-corrected chi connectivity index (χ3v) is 7.02. The molecule has 1 N–H and O–H groups in total. The van der Waals surface area contributed by atoms with E-state index in [4.69, 9.17) is 4.74 Å². The molecule has 1 aliphatic carbocycles. The molecule has 2 aliphatic rings. The minimum atomic E-state index is 0.0235. The van der Waals surface area contributed by atoms with Crippen LogP contribution in [0.5, 0.6) is 0 Å². The van der Waals surface area contributed by atoms with Crippen LogP contribution < -0.4 is 5.32 Å². The molecule has 6 heteroatoms. The molecular formula is C21H29N3O2S. The van der Waals surface area contributed by atoms with Crippen molar-refractivity contribution >= 4 is 17.4 Å². The lowest BCUT2D eigenvalue weighted by molar-refractivity contribution is 0.142. The van der Waals surface area contributed by atoms with Crippen molar-refractivity contribution in [1.82, 2.24) is 14.8 Å². The van der Waals surface area contributed by atoms with Gasteiger partial charge in [-0.2, -0.15) is 0 Å². The molecule has 0 unspecified atom stereocenters. The van der Waals surface area contributed by atoms with Gasteiger partial charge in [0.15, 0.2) is 0 Å². The van der Waals surface area contributed by atoms with E-state index < -0.39 is 0 Å². The number of ether oxygens (including phenoxy) is 1. The standard InChI is InChI=1S/C21H29N3O2S/c1-3-26-13-7-11-22-21(25)24-14-17-16-8-4-5-10-19(16)27-20(17)23-12-6-9-18(23)15(24)2/h6,9,12,15H,3-5,7-8,10-11,13-14H2,1-2H3,(H,22,25)/t15-/m1/s1. The number of nitrogens with zero attached hydrogens (tertiary/aromatic N) is 2. The van der Waals surface area contributed by atoms with Gasteiger partial charge < -0.3 is 19.5 Å². The van der Waals surface area contributed by atoms with Gasteiger partial charge >= 0.3 is 6.03 Å². The number of carbonyl (C=O) groups is 1. The van der Waals surface area contributed by atoms with E-state index in [1.807, 2.05) is 23.2 Å². The van der Waals surface area contributed by atoms with Crippen LogP contribution in [0.15, 0.2) is 18.3 Å². The highest BCUT2D eigenvalue weighted by atomic mass is 32.1. The molecule has 0 saturated carbocycles. The van der Waals surface area contributed by atoms with E-state index in [2.05, 4.69) is 35.1 Å². The number of carbonyl (C=O) groups excluding carboxylic acids is 1. The molecule has 5 nitrogen and oxygen atoms in total. The zero-order valence-electron chi connectivity index (χ0n) is 16.3. The van der Waals surface area contributed by atoms with E-state index in [0.717, 1.165) is 19.4 Å². The first-order valence-electron chi connectivity index (χ1n) is 10.1. The highest BCUT2D eigenvalue weighted by Gasteiger charge is 2.32. The summed E-state index contributed by atoms with van der Waals surface area (Å²) in [4.78, 5) is 16.5. The minimum Gasteiger partial charge on any atom is -0.382 e. The van der Waals surface area contributed by atoms with E-state index in [1.165, 1.54) is 46.0 Å². The molecule has 2 amide bonds. The Labute approximate surface area is 165 Å². The van der Waals surface area contributed by atoms with Crippen LogP contribution in [0.3, 0.4) is 0 Å². The van der Waals surface area contributed by atoms with Crippen LogP contribution >= 0.6 is 11.3 Å². The maximum absolute atomic E-state index is 13.0. The van der Waals surface area contributed by atoms with Crippen LogP contribution in [0.25, 0.3) is 5.00 Å². The number of hydrogen-bond donors (Lipinski definition) is 1. The molecule has 27 heavy (non-hydrogen) atoms. The summed E-state index contributed by atoms with van der Waals surface area (Å²) in [5.41, 5.74) is 4.06. The van der Waals surface area contributed by atoms with Crippen LogP contribution in [-0.2, 0) is 24.1 Å². The summed E-state index contributed by atoms with van der Waals surface area (Å²) in [5.74, 6) is 0. The van der Waals surface area contributed by atoms with Crippen molar-refractivity contribution in [3.05, 3.63) is 40.0 Å². The number of nitrogens with one attached hydrogen (secondary N) is 1. The molecule has 0 fully saturated rings. The fourth-order valence-corrected chi connectivity index (χ4v) is 5.63. The second-order valence-corrected chi connectivity index (χ2v) is 8.47. The first-order chi connectivity index (χ1) is 13.2. The predicted molar refractivity (Wildman–Crippen MR) is 109 cm³/mol. The molecule has 0 spiro atoms. The minimum absolute atomic E-state index is 0.0235. The van der Waals surface area contributed by atoms with Crippen molar-refractivity contribution in [2.75, 3.05) is 19.8 Å². The summed E-state index contributed by atoms with van der Waals surface area (Å²) in [6, 6.07) is 4.31. The van der Waals surface area contributed by atoms with Gasteiger partial charge in [-0.1, -0.05) is 0 Å². The molecule has 0 bridgehead atoms. The fourth-order valence-electron chi connectivity index (χ4n) is 4.22. The van der Waals surface area contributed by atoms with E-state index in [9.17, 15) is 4.79 Å². The normalized spacial score (nSPS) is 18.4. The van der Waals surface area contributed by atoms with Crippen LogP contribution in [0.1, 0.15) is 60.8 Å². The van der Waals surface area contributed by atoms with Crippen molar-refractivity contribution in [1.29, 1.82) is 0 Å². The summed E-state index contributed by atoms with van der Waals surface area (Å²) < 4.78 is 7.68. The number of aromatic nitrogens is 1. The van der Waals surface area contributed by atoms with Crippen LogP contribution in [0, 0.1) is 0 Å². The van der Waals surface area contributed by atoms with Crippen LogP contribution in [0.2, 0.25) is 0 Å². The SMILES string of the molecule is CCOCCCNC(=O)N1Cc2c(sc3c2CCCC3)-n2cccc2[C@H]1C. The first-order valence-corrected chi connectivity index (χ1v) is 11.0. The number of fused-ring (bicyclic) bond motifs is 5. The number of urea groups is 1. The van der Waals surface area contributed by atoms with E-state index in [-0.39, 0.29) is 12.1 Å². The van der Waals surface area contributed by atoms with Gasteiger partial charge in [0.2, 0.25) is 0 Å². The Morgan fingerprint density at radius 2 is 2.19 bits per heavy atom. The van der Waals surface area contributed by atoms with E-state index in [1.54, 1.807) is 0 Å². The molecule has 2 aromatic rings. The van der Waals surface area contributed by atoms with Gasteiger partial charge in [-0.25, -0.2) is 4.79 Å². The van der Waals surface area contributed by atoms with Crippen molar-refractivity contribution < 1.29 is 9.53 Å². The van der Waals surface area contributed by atoms with Crippen LogP contribution in [0.4, 0.5) is 4.79 Å². The average molecular weight is 388 g/mol. The van der Waals surface area contributed by atoms with Crippen molar-refractivity contribution in [2.45, 2.75) is 58.5 Å². The largest absolute Gasteiger partial charge is 0.382 e. The second kappa shape index (κ2) is 8.07. The molecule has 0 saturated heterocycles. The molecule has 1 aliphatic heterocycles. The lowest BCUT2D eigenvalue weighted by Crippen LogP contribution is -2.41. The maximum Gasteiger partial charge on any atom is 0.318 e. The Morgan fingerprint density at radius 3 is 3.04 bits per heavy atom. The third-order valence-electron chi connectivity index (χ3n) is 5.69. The number of amides is 2. The number of aryl methyl sites for hydroxylation is 1. The Morgan fingerprint density at radius 1 is 1.33 bits per heavy atom. The Kier molecular flexibility index (Phi) is 5.55. The molecule has 4 rings (SSSR count). The smallest absolute Gasteiger partial charge is 0.318 e. The average Bonchev–Trinajstić information content (AvgIpc) is 3.27. The Bertz CT molecular complexity index is 810. The molecule has 2 aromatic heterocycles. The highest BCUT2D eigenvalue weighted by Crippen LogP contribution is 2.42. The quantitative estimate of drug-likeness (QED) is 0.772. The van der Waals surface area contributed by atoms with Gasteiger partial charge in [-0.15, -0.1) is 11.3 Å². The number of thiophene rings is 1. The third kappa shape index (κ3) is 3.52. The number of hydrogen-bond acceptors (Lipinski definition) is 3. The summed E-state index contributed by atoms with van der Waals surface area (Å²) in [6.45, 7) is 6.89. The molecule has 1 atom stereocenters. The summed E-state index contributed by atoms with van der Waals surface area (Å²) in [7, 11) is 0. The second-order valence-electron chi connectivity index (χ2n) is 7.38. The highest BCUT2D eigenvalue weighted by molar-refractivity contribution is 7.15. The molecule has 146 valence electrons. The molecule has 0 radical (unpaired) electrons. The topological polar surface area (TPSA) is 46.5 Å². The van der Waals surface area contributed by atoms with Gasteiger partial charge in [0.05, 0.1) is 12.6 Å². The predicted octanol–water partition coefficient (Wildman–Crippen LogP) is 4.43. The van der Waals surface area contributed by atoms with Gasteiger partial charge in [-0.05, 0) is 63.6 Å². The number of rotatable bonds is 5. The molecular weight excluding hydrogens is 358 g/mol. The van der Waals surface area contributed by atoms with Gasteiger partial charge in [0.1, 0.15) is 5.00 Å². The zero-order valence-corrected chi connectivity index (χ0v) is 17.1. The lowest BCUT2D eigenvalue weighted by Gasteiger charge is -2.28. The van der Waals surface area contributed by atoms with E-state index >= 15 is 0 Å². The molecule has 3 heterocycles. The summed E-state index contributed by atoms with van der Waals surface area (Å²) in [5, 5.41) is 4.42. The van der Waals surface area contributed by atoms with Crippen molar-refractivity contribution in [3.8, 4) is 5.00 Å². The van der Waals surface area contributed by atoms with Gasteiger partial charge in [0, 0.05) is 42.1 Å². The lowest BCUT2D eigenvalue weighted by atomic mass is 9.95. The monoisotopic (exact) mass is 387 g/mol. The van der Waals surface area contributed by atoms with Gasteiger partial charge in [-0.3, -0.25) is 0 Å². The Balaban J connectivity index is 1.59.